The Kier molecular flexibility index (Phi) is 4.80. The maximum absolute atomic E-state index is 11.4. The van der Waals surface area contributed by atoms with E-state index >= 15 is 0 Å². The first-order valence-electron chi connectivity index (χ1n) is 9.30. The number of aromatic nitrogens is 2. The van der Waals surface area contributed by atoms with Gasteiger partial charge < -0.3 is 19.7 Å². The van der Waals surface area contributed by atoms with Crippen LogP contribution in [0.1, 0.15) is 35.8 Å². The molecule has 2 aliphatic rings. The van der Waals surface area contributed by atoms with E-state index in [2.05, 4.69) is 20.2 Å². The second kappa shape index (κ2) is 7.25. The highest BCUT2D eigenvalue weighted by Crippen LogP contribution is 2.32. The quantitative estimate of drug-likeness (QED) is 0.831. The number of anilines is 3. The van der Waals surface area contributed by atoms with Crippen LogP contribution in [0.2, 0.25) is 0 Å². The second-order valence-electron chi connectivity index (χ2n) is 7.05. The van der Waals surface area contributed by atoms with Gasteiger partial charge in [0.1, 0.15) is 5.82 Å². The Morgan fingerprint density at radius 1 is 1.11 bits per heavy atom. The summed E-state index contributed by atoms with van der Waals surface area (Å²) in [6.07, 6.45) is 1.64. The number of ketones is 1. The maximum Gasteiger partial charge on any atom is 0.227 e. The summed E-state index contributed by atoms with van der Waals surface area (Å²) in [5, 5.41) is 3.30. The zero-order valence-corrected chi connectivity index (χ0v) is 15.7. The van der Waals surface area contributed by atoms with Crippen molar-refractivity contribution in [2.75, 3.05) is 36.5 Å². The van der Waals surface area contributed by atoms with Crippen LogP contribution < -0.4 is 10.2 Å². The summed E-state index contributed by atoms with van der Waals surface area (Å²) >= 11 is 0. The van der Waals surface area contributed by atoms with E-state index in [9.17, 15) is 4.79 Å². The van der Waals surface area contributed by atoms with E-state index in [1.54, 1.807) is 6.92 Å². The largest absolute Gasteiger partial charge is 0.347 e. The number of piperidine rings is 1. The van der Waals surface area contributed by atoms with E-state index in [1.165, 1.54) is 0 Å². The number of hydrogen-bond acceptors (Lipinski definition) is 7. The topological polar surface area (TPSA) is 76.6 Å². The first kappa shape index (κ1) is 17.9. The summed E-state index contributed by atoms with van der Waals surface area (Å²) in [7, 11) is 0. The van der Waals surface area contributed by atoms with Crippen molar-refractivity contribution in [3.63, 3.8) is 0 Å². The Morgan fingerprint density at radius 3 is 2.41 bits per heavy atom. The van der Waals surface area contributed by atoms with Gasteiger partial charge in [0.05, 0.1) is 13.2 Å². The van der Waals surface area contributed by atoms with E-state index < -0.39 is 5.79 Å². The molecule has 0 bridgehead atoms. The van der Waals surface area contributed by atoms with E-state index in [1.807, 2.05) is 37.3 Å². The van der Waals surface area contributed by atoms with Gasteiger partial charge in [-0.2, -0.15) is 4.98 Å². The predicted molar refractivity (Wildman–Crippen MR) is 103 cm³/mol. The summed E-state index contributed by atoms with van der Waals surface area (Å²) in [6.45, 7) is 6.48. The summed E-state index contributed by atoms with van der Waals surface area (Å²) < 4.78 is 11.6. The van der Waals surface area contributed by atoms with Crippen molar-refractivity contribution in [2.24, 2.45) is 0 Å². The molecule has 142 valence electrons. The lowest BCUT2D eigenvalue weighted by Crippen LogP contribution is -2.45. The van der Waals surface area contributed by atoms with Gasteiger partial charge in [-0.05, 0) is 38.1 Å². The highest BCUT2D eigenvalue weighted by atomic mass is 16.7. The molecular weight excluding hydrogens is 344 g/mol. The molecule has 0 unspecified atom stereocenters. The van der Waals surface area contributed by atoms with Crippen molar-refractivity contribution in [3.05, 3.63) is 41.6 Å². The zero-order valence-electron chi connectivity index (χ0n) is 15.7. The minimum Gasteiger partial charge on any atom is -0.347 e. The molecule has 0 amide bonds. The number of rotatable bonds is 4. The number of carbonyl (C=O) groups excluding carboxylic acids is 1. The Bertz CT molecular complexity index is 822. The Labute approximate surface area is 158 Å². The van der Waals surface area contributed by atoms with Crippen molar-refractivity contribution in [1.29, 1.82) is 0 Å². The molecule has 1 N–H and O–H groups in total. The molecule has 2 saturated heterocycles. The highest BCUT2D eigenvalue weighted by Gasteiger charge is 2.40. The molecule has 1 aromatic heterocycles. The fourth-order valence-corrected chi connectivity index (χ4v) is 3.53. The SMILES string of the molecule is CC(=O)c1ccc(Nc2cc(C)nc(N3CCC4(CC3)OCCO4)n2)cc1. The molecule has 0 atom stereocenters. The Balaban J connectivity index is 1.47. The summed E-state index contributed by atoms with van der Waals surface area (Å²) in [5.41, 5.74) is 2.48. The lowest BCUT2D eigenvalue weighted by molar-refractivity contribution is -0.169. The summed E-state index contributed by atoms with van der Waals surface area (Å²) in [5.74, 6) is 1.10. The predicted octanol–water partition coefficient (Wildman–Crippen LogP) is 3.07. The summed E-state index contributed by atoms with van der Waals surface area (Å²) in [4.78, 5) is 22.9. The minimum atomic E-state index is -0.403. The molecule has 27 heavy (non-hydrogen) atoms. The number of Topliss-reactive ketones (excluding diaryl/α,β-unsaturated/α-hetero) is 1. The number of nitrogens with zero attached hydrogens (tertiary/aromatic N) is 3. The van der Waals surface area contributed by atoms with E-state index in [0.29, 0.717) is 24.7 Å². The fraction of sp³-hybridized carbons (Fsp3) is 0.450. The van der Waals surface area contributed by atoms with Crippen LogP contribution in [0.3, 0.4) is 0 Å². The van der Waals surface area contributed by atoms with Crippen LogP contribution in [0.4, 0.5) is 17.5 Å². The Morgan fingerprint density at radius 2 is 1.78 bits per heavy atom. The van der Waals surface area contributed by atoms with Crippen LogP contribution >= 0.6 is 0 Å². The molecule has 1 spiro atoms. The molecular formula is C20H24N4O3. The van der Waals surface area contributed by atoms with Gasteiger partial charge in [-0.15, -0.1) is 0 Å². The van der Waals surface area contributed by atoms with Crippen molar-refractivity contribution >= 4 is 23.2 Å². The lowest BCUT2D eigenvalue weighted by Gasteiger charge is -2.37. The average molecular weight is 368 g/mol. The molecule has 4 rings (SSSR count). The maximum atomic E-state index is 11.4. The van der Waals surface area contributed by atoms with Gasteiger partial charge in [0, 0.05) is 48.9 Å². The van der Waals surface area contributed by atoms with Crippen LogP contribution in [-0.4, -0.2) is 47.8 Å². The van der Waals surface area contributed by atoms with Gasteiger partial charge in [0.15, 0.2) is 11.6 Å². The number of benzene rings is 1. The molecule has 0 aliphatic carbocycles. The van der Waals surface area contributed by atoms with Gasteiger partial charge in [-0.3, -0.25) is 4.79 Å². The van der Waals surface area contributed by atoms with Crippen molar-refractivity contribution in [1.82, 2.24) is 9.97 Å². The van der Waals surface area contributed by atoms with E-state index in [0.717, 1.165) is 43.1 Å². The third kappa shape index (κ3) is 3.94. The molecule has 2 aromatic rings. The minimum absolute atomic E-state index is 0.0554. The van der Waals surface area contributed by atoms with Crippen molar-refractivity contribution in [3.8, 4) is 0 Å². The van der Waals surface area contributed by atoms with Crippen molar-refractivity contribution in [2.45, 2.75) is 32.5 Å². The number of aryl methyl sites for hydroxylation is 1. The van der Waals surface area contributed by atoms with E-state index in [-0.39, 0.29) is 5.78 Å². The van der Waals surface area contributed by atoms with Gasteiger partial charge >= 0.3 is 0 Å². The van der Waals surface area contributed by atoms with Crippen LogP contribution in [0, 0.1) is 6.92 Å². The van der Waals surface area contributed by atoms with Crippen LogP contribution in [0.5, 0.6) is 0 Å². The molecule has 7 heteroatoms. The number of carbonyl (C=O) groups is 1. The molecule has 2 aliphatic heterocycles. The molecule has 0 radical (unpaired) electrons. The third-order valence-electron chi connectivity index (χ3n) is 5.03. The number of hydrogen-bond donors (Lipinski definition) is 1. The number of nitrogens with one attached hydrogen (secondary N) is 1. The smallest absolute Gasteiger partial charge is 0.227 e. The third-order valence-corrected chi connectivity index (χ3v) is 5.03. The first-order valence-corrected chi connectivity index (χ1v) is 9.30. The molecule has 2 fully saturated rings. The molecule has 1 aromatic carbocycles. The van der Waals surface area contributed by atoms with Crippen LogP contribution in [0.25, 0.3) is 0 Å². The zero-order chi connectivity index (χ0) is 18.9. The first-order chi connectivity index (χ1) is 13.0. The average Bonchev–Trinajstić information content (AvgIpc) is 3.10. The van der Waals surface area contributed by atoms with Crippen molar-refractivity contribution < 1.29 is 14.3 Å². The standard InChI is InChI=1S/C20H24N4O3/c1-14-13-18(22-17-5-3-16(4-6-17)15(2)25)23-19(21-14)24-9-7-20(8-10-24)26-11-12-27-20/h3-6,13H,7-12H2,1-2H3,(H,21,22,23). The van der Waals surface area contributed by atoms with Gasteiger partial charge in [0.2, 0.25) is 5.95 Å². The molecule has 7 nitrogen and oxygen atoms in total. The molecule has 3 heterocycles. The van der Waals surface area contributed by atoms with Crippen LogP contribution in [-0.2, 0) is 9.47 Å². The monoisotopic (exact) mass is 368 g/mol. The van der Waals surface area contributed by atoms with Gasteiger partial charge in [0.25, 0.3) is 0 Å². The highest BCUT2D eigenvalue weighted by molar-refractivity contribution is 5.94. The van der Waals surface area contributed by atoms with Gasteiger partial charge in [-0.1, -0.05) is 0 Å². The number of ether oxygens (including phenoxy) is 2. The summed E-state index contributed by atoms with van der Waals surface area (Å²) in [6, 6.07) is 9.30. The van der Waals surface area contributed by atoms with Crippen LogP contribution in [0.15, 0.2) is 30.3 Å². The lowest BCUT2D eigenvalue weighted by atomic mass is 10.0. The normalized spacial score (nSPS) is 18.7. The Hall–Kier alpha value is -2.51. The fourth-order valence-electron chi connectivity index (χ4n) is 3.53. The van der Waals surface area contributed by atoms with Gasteiger partial charge in [-0.25, -0.2) is 4.98 Å². The second-order valence-corrected chi connectivity index (χ2v) is 7.05. The van der Waals surface area contributed by atoms with E-state index in [4.69, 9.17) is 9.47 Å². The molecule has 0 saturated carbocycles.